The van der Waals surface area contributed by atoms with Gasteiger partial charge in [-0.2, -0.15) is 8.78 Å². The van der Waals surface area contributed by atoms with Crippen LogP contribution < -0.4 is 0 Å². The lowest BCUT2D eigenvalue weighted by Crippen LogP contribution is -2.13. The Labute approximate surface area is 82.6 Å². The summed E-state index contributed by atoms with van der Waals surface area (Å²) in [7, 11) is 0. The van der Waals surface area contributed by atoms with E-state index < -0.39 is 28.4 Å². The number of carbonyl (C=O) groups is 1. The SMILES string of the molecule is CC(F)(F)c1ncc(C(=O)O)nc1Cl. The average Bonchev–Trinajstić information content (AvgIpc) is 2.01. The van der Waals surface area contributed by atoms with E-state index in [1.54, 1.807) is 0 Å². The lowest BCUT2D eigenvalue weighted by molar-refractivity contribution is 0.0123. The van der Waals surface area contributed by atoms with Gasteiger partial charge in [-0.25, -0.2) is 14.8 Å². The van der Waals surface area contributed by atoms with Gasteiger partial charge < -0.3 is 5.11 Å². The molecule has 0 spiro atoms. The smallest absolute Gasteiger partial charge is 0.356 e. The van der Waals surface area contributed by atoms with Gasteiger partial charge in [-0.05, 0) is 0 Å². The Morgan fingerprint density at radius 2 is 2.21 bits per heavy atom. The minimum Gasteiger partial charge on any atom is -0.476 e. The predicted molar refractivity (Wildman–Crippen MR) is 43.6 cm³/mol. The van der Waals surface area contributed by atoms with Crippen molar-refractivity contribution >= 4 is 17.6 Å². The van der Waals surface area contributed by atoms with Gasteiger partial charge in [0.25, 0.3) is 5.92 Å². The number of aromatic carboxylic acids is 1. The van der Waals surface area contributed by atoms with E-state index in [9.17, 15) is 13.6 Å². The maximum absolute atomic E-state index is 12.7. The summed E-state index contributed by atoms with van der Waals surface area (Å²) in [6.45, 7) is 0.601. The van der Waals surface area contributed by atoms with Crippen molar-refractivity contribution in [3.63, 3.8) is 0 Å². The molecule has 14 heavy (non-hydrogen) atoms. The van der Waals surface area contributed by atoms with Crippen molar-refractivity contribution < 1.29 is 18.7 Å². The fourth-order valence-electron chi connectivity index (χ4n) is 0.764. The zero-order valence-electron chi connectivity index (χ0n) is 6.96. The molecule has 0 bridgehead atoms. The summed E-state index contributed by atoms with van der Waals surface area (Å²) < 4.78 is 25.4. The molecule has 0 saturated carbocycles. The van der Waals surface area contributed by atoms with Crippen molar-refractivity contribution in [1.82, 2.24) is 9.97 Å². The number of carboxylic acids is 1. The van der Waals surface area contributed by atoms with Gasteiger partial charge in [0.2, 0.25) is 0 Å². The highest BCUT2D eigenvalue weighted by molar-refractivity contribution is 6.30. The molecule has 1 N–H and O–H groups in total. The molecule has 1 aromatic heterocycles. The van der Waals surface area contributed by atoms with E-state index in [0.717, 1.165) is 6.20 Å². The molecule has 0 atom stereocenters. The van der Waals surface area contributed by atoms with E-state index in [-0.39, 0.29) is 0 Å². The molecule has 7 heteroatoms. The molecular weight excluding hydrogens is 218 g/mol. The van der Waals surface area contributed by atoms with Crippen molar-refractivity contribution in [3.05, 3.63) is 22.7 Å². The molecule has 0 radical (unpaired) electrons. The van der Waals surface area contributed by atoms with E-state index in [0.29, 0.717) is 6.92 Å². The van der Waals surface area contributed by atoms with Gasteiger partial charge in [0.05, 0.1) is 6.20 Å². The zero-order chi connectivity index (χ0) is 10.9. The summed E-state index contributed by atoms with van der Waals surface area (Å²) in [5.41, 5.74) is -1.20. The molecule has 4 nitrogen and oxygen atoms in total. The number of aromatic nitrogens is 2. The molecule has 0 aromatic carbocycles. The largest absolute Gasteiger partial charge is 0.476 e. The summed E-state index contributed by atoms with van der Waals surface area (Å²) in [5, 5.41) is 7.85. The van der Waals surface area contributed by atoms with Crippen molar-refractivity contribution in [2.75, 3.05) is 0 Å². The van der Waals surface area contributed by atoms with E-state index in [1.165, 1.54) is 0 Å². The Morgan fingerprint density at radius 3 is 2.57 bits per heavy atom. The second-order valence-corrected chi connectivity index (χ2v) is 2.95. The van der Waals surface area contributed by atoms with Crippen molar-refractivity contribution in [2.45, 2.75) is 12.8 Å². The van der Waals surface area contributed by atoms with Crippen LogP contribution in [0.3, 0.4) is 0 Å². The second-order valence-electron chi connectivity index (χ2n) is 2.59. The van der Waals surface area contributed by atoms with Gasteiger partial charge in [0, 0.05) is 6.92 Å². The first-order valence-corrected chi connectivity index (χ1v) is 3.84. The topological polar surface area (TPSA) is 63.1 Å². The van der Waals surface area contributed by atoms with E-state index in [1.807, 2.05) is 0 Å². The number of halogens is 3. The van der Waals surface area contributed by atoms with Crippen molar-refractivity contribution in [2.24, 2.45) is 0 Å². The summed E-state index contributed by atoms with van der Waals surface area (Å²) >= 11 is 5.34. The molecule has 0 aliphatic heterocycles. The Balaban J connectivity index is 3.21. The van der Waals surface area contributed by atoms with E-state index in [4.69, 9.17) is 16.7 Å². The summed E-state index contributed by atoms with van der Waals surface area (Å²) in [4.78, 5) is 16.9. The van der Waals surface area contributed by atoms with Crippen LogP contribution in [0.1, 0.15) is 23.1 Å². The standard InChI is InChI=1S/C7H5ClF2N2O2/c1-7(9,10)4-5(8)12-3(2-11-4)6(13)14/h2H,1H3,(H,13,14). The molecule has 76 valence electrons. The minimum absolute atomic E-state index is 0.469. The van der Waals surface area contributed by atoms with Gasteiger partial charge in [-0.15, -0.1) is 0 Å². The number of rotatable bonds is 2. The molecule has 1 rings (SSSR count). The average molecular weight is 223 g/mol. The maximum atomic E-state index is 12.7. The van der Waals surface area contributed by atoms with E-state index in [2.05, 4.69) is 9.97 Å². The number of hydrogen-bond acceptors (Lipinski definition) is 3. The normalized spacial score (nSPS) is 11.4. The summed E-state index contributed by atoms with van der Waals surface area (Å²) in [6.07, 6.45) is 0.737. The van der Waals surface area contributed by atoms with Gasteiger partial charge in [-0.1, -0.05) is 11.6 Å². The Morgan fingerprint density at radius 1 is 1.64 bits per heavy atom. The maximum Gasteiger partial charge on any atom is 0.356 e. The lowest BCUT2D eigenvalue weighted by atomic mass is 10.3. The summed E-state index contributed by atoms with van der Waals surface area (Å²) in [5.74, 6) is -4.61. The number of alkyl halides is 2. The molecule has 1 heterocycles. The Hall–Kier alpha value is -1.30. The first kappa shape index (κ1) is 10.8. The van der Waals surface area contributed by atoms with Crippen LogP contribution in [0.4, 0.5) is 8.78 Å². The van der Waals surface area contributed by atoms with Gasteiger partial charge in [-0.3, -0.25) is 0 Å². The Bertz CT molecular complexity index is 378. The molecule has 0 amide bonds. The number of hydrogen-bond donors (Lipinski definition) is 1. The van der Waals surface area contributed by atoms with Gasteiger partial charge in [0.1, 0.15) is 5.69 Å². The van der Waals surface area contributed by atoms with Crippen LogP contribution in [0.2, 0.25) is 5.15 Å². The highest BCUT2D eigenvalue weighted by Crippen LogP contribution is 2.29. The zero-order valence-corrected chi connectivity index (χ0v) is 7.72. The van der Waals surface area contributed by atoms with Crippen LogP contribution in [-0.2, 0) is 5.92 Å². The van der Waals surface area contributed by atoms with Gasteiger partial charge >= 0.3 is 5.97 Å². The third kappa shape index (κ3) is 2.14. The minimum atomic E-state index is -3.24. The van der Waals surface area contributed by atoms with Crippen LogP contribution in [0.5, 0.6) is 0 Å². The number of carboxylic acid groups (broad SMARTS) is 1. The highest BCUT2D eigenvalue weighted by atomic mass is 35.5. The molecule has 0 fully saturated rings. The fraction of sp³-hybridized carbons (Fsp3) is 0.286. The Kier molecular flexibility index (Phi) is 2.66. The van der Waals surface area contributed by atoms with Gasteiger partial charge in [0.15, 0.2) is 10.8 Å². The number of nitrogens with zero attached hydrogens (tertiary/aromatic N) is 2. The van der Waals surface area contributed by atoms with Crippen LogP contribution in [0, 0.1) is 0 Å². The van der Waals surface area contributed by atoms with E-state index >= 15 is 0 Å². The first-order chi connectivity index (χ1) is 6.32. The quantitative estimate of drug-likeness (QED) is 0.831. The predicted octanol–water partition coefficient (Wildman–Crippen LogP) is 1.94. The molecule has 0 aliphatic carbocycles. The van der Waals surface area contributed by atoms with Crippen LogP contribution in [0.25, 0.3) is 0 Å². The van der Waals surface area contributed by atoms with Crippen molar-refractivity contribution in [1.29, 1.82) is 0 Å². The second kappa shape index (κ2) is 3.45. The van der Waals surface area contributed by atoms with Crippen LogP contribution in [0.15, 0.2) is 6.20 Å². The third-order valence-corrected chi connectivity index (χ3v) is 1.63. The third-order valence-electron chi connectivity index (χ3n) is 1.36. The fourth-order valence-corrected chi connectivity index (χ4v) is 1.07. The molecule has 0 aliphatic rings. The monoisotopic (exact) mass is 222 g/mol. The molecule has 1 aromatic rings. The highest BCUT2D eigenvalue weighted by Gasteiger charge is 2.30. The van der Waals surface area contributed by atoms with Crippen LogP contribution >= 0.6 is 11.6 Å². The molecule has 0 unspecified atom stereocenters. The lowest BCUT2D eigenvalue weighted by Gasteiger charge is -2.10. The summed E-state index contributed by atoms with van der Waals surface area (Å²) in [6, 6.07) is 0. The van der Waals surface area contributed by atoms with Crippen molar-refractivity contribution in [3.8, 4) is 0 Å². The first-order valence-electron chi connectivity index (χ1n) is 3.46. The van der Waals surface area contributed by atoms with Crippen LogP contribution in [-0.4, -0.2) is 21.0 Å². The molecular formula is C7H5ClF2N2O2. The molecule has 0 saturated heterocycles.